The van der Waals surface area contributed by atoms with Crippen molar-refractivity contribution < 1.29 is 24.8 Å². The van der Waals surface area contributed by atoms with Crippen molar-refractivity contribution in [2.24, 2.45) is 0 Å². The highest BCUT2D eigenvalue weighted by Crippen LogP contribution is 2.65. The van der Waals surface area contributed by atoms with Crippen molar-refractivity contribution >= 4 is 28.1 Å². The molecule has 0 amide bonds. The smallest absolute Gasteiger partial charge is 0.218 e. The molecule has 1 saturated heterocycles. The van der Waals surface area contributed by atoms with Crippen LogP contribution in [0.2, 0.25) is 5.15 Å². The van der Waals surface area contributed by atoms with Gasteiger partial charge in [-0.3, -0.25) is 4.57 Å². The molecule has 1 fully saturated rings. The summed E-state index contributed by atoms with van der Waals surface area (Å²) < 4.78 is 13.6. The lowest BCUT2D eigenvalue weighted by Crippen LogP contribution is -2.33. The molecule has 188 valence electrons. The fourth-order valence-electron chi connectivity index (χ4n) is 5.81. The number of aromatic nitrogens is 3. The van der Waals surface area contributed by atoms with E-state index in [0.29, 0.717) is 45.0 Å². The Morgan fingerprint density at radius 2 is 1.89 bits per heavy atom. The second kappa shape index (κ2) is 8.08. The fourth-order valence-corrected chi connectivity index (χ4v) is 6.02. The molecule has 3 atom stereocenters. The Labute approximate surface area is 217 Å². The maximum Gasteiger partial charge on any atom is 0.218 e. The summed E-state index contributed by atoms with van der Waals surface area (Å²) in [5, 5.41) is 35.6. The van der Waals surface area contributed by atoms with Gasteiger partial charge in [-0.2, -0.15) is 4.98 Å². The second-order valence-electron chi connectivity index (χ2n) is 9.59. The number of fused-ring (bicyclic) bond motifs is 6. The van der Waals surface area contributed by atoms with Crippen molar-refractivity contribution in [3.8, 4) is 23.3 Å². The lowest BCUT2D eigenvalue weighted by Gasteiger charge is -2.26. The lowest BCUT2D eigenvalue weighted by atomic mass is 9.76. The highest BCUT2D eigenvalue weighted by Gasteiger charge is 2.66. The molecular formula is C27H23ClN4O5. The van der Waals surface area contributed by atoms with Crippen molar-refractivity contribution in [2.45, 2.75) is 44.0 Å². The summed E-state index contributed by atoms with van der Waals surface area (Å²) in [6.45, 7) is 11.1. The topological polar surface area (TPSA) is 114 Å². The molecular weight excluding hydrogens is 496 g/mol. The molecule has 3 N–H and O–H groups in total. The Balaban J connectivity index is 1.44. The molecule has 2 bridgehead atoms. The molecule has 4 heterocycles. The summed E-state index contributed by atoms with van der Waals surface area (Å²) in [7, 11) is 0. The predicted octanol–water partition coefficient (Wildman–Crippen LogP) is 5.02. The standard InChI is InChI=1S/C27H23ClN4O5/c1-14-30-20(28)12-21(31-14)36-11-10-27-13-19(33)26(2,37-27)22-23(27)25(35)32(24(22)34)18-9-8-17(29-3)15-6-4-5-7-16(15)18/h4-9,12,19,33-35H,10-11,13H2,1-2H3/t19-,26?,27?/m1/s1. The van der Waals surface area contributed by atoms with E-state index in [4.69, 9.17) is 27.6 Å². The van der Waals surface area contributed by atoms with Crippen LogP contribution in [0.1, 0.15) is 36.7 Å². The quantitative estimate of drug-likeness (QED) is 0.251. The normalized spacial score (nSPS) is 23.8. The number of halogens is 1. The van der Waals surface area contributed by atoms with E-state index >= 15 is 0 Å². The minimum absolute atomic E-state index is 0.156. The van der Waals surface area contributed by atoms with Crippen LogP contribution in [-0.4, -0.2) is 42.6 Å². The zero-order valence-electron chi connectivity index (χ0n) is 20.1. The van der Waals surface area contributed by atoms with Crippen LogP contribution in [-0.2, 0) is 15.9 Å². The number of aliphatic hydroxyl groups is 1. The van der Waals surface area contributed by atoms with E-state index in [9.17, 15) is 15.3 Å². The molecule has 37 heavy (non-hydrogen) atoms. The molecule has 2 unspecified atom stereocenters. The van der Waals surface area contributed by atoms with E-state index in [1.54, 1.807) is 26.0 Å². The molecule has 0 radical (unpaired) electrons. The number of benzene rings is 2. The SMILES string of the molecule is [C-]#[N+]c1ccc(-n2c(O)c3c(c2O)C2(C)OC3(CCOc3cc(Cl)nc(C)n3)C[C@H]2O)c2ccccc12. The molecule has 10 heteroatoms. The number of aromatic hydroxyl groups is 2. The lowest BCUT2D eigenvalue weighted by molar-refractivity contribution is -0.107. The van der Waals surface area contributed by atoms with Crippen LogP contribution >= 0.6 is 11.6 Å². The minimum atomic E-state index is -1.22. The first kappa shape index (κ1) is 23.6. The number of rotatable bonds is 5. The van der Waals surface area contributed by atoms with Gasteiger partial charge in [0.2, 0.25) is 17.6 Å². The van der Waals surface area contributed by atoms with E-state index in [1.165, 1.54) is 10.6 Å². The Kier molecular flexibility index (Phi) is 5.14. The third kappa shape index (κ3) is 3.30. The third-order valence-electron chi connectivity index (χ3n) is 7.42. The van der Waals surface area contributed by atoms with Crippen LogP contribution in [0.3, 0.4) is 0 Å². The molecule has 0 aliphatic carbocycles. The van der Waals surface area contributed by atoms with Gasteiger partial charge < -0.3 is 24.8 Å². The second-order valence-corrected chi connectivity index (χ2v) is 9.98. The van der Waals surface area contributed by atoms with E-state index < -0.39 is 17.3 Å². The first-order valence-electron chi connectivity index (χ1n) is 11.8. The van der Waals surface area contributed by atoms with Gasteiger partial charge in [0.1, 0.15) is 22.2 Å². The Morgan fingerprint density at radius 3 is 2.62 bits per heavy atom. The van der Waals surface area contributed by atoms with E-state index in [-0.39, 0.29) is 36.4 Å². The van der Waals surface area contributed by atoms with E-state index in [2.05, 4.69) is 14.8 Å². The van der Waals surface area contributed by atoms with Crippen LogP contribution in [0.4, 0.5) is 5.69 Å². The summed E-state index contributed by atoms with van der Waals surface area (Å²) in [6, 6.07) is 12.2. The fraction of sp³-hybridized carbons (Fsp3) is 0.296. The van der Waals surface area contributed by atoms with Crippen molar-refractivity contribution in [3.05, 3.63) is 76.0 Å². The Bertz CT molecular complexity index is 1610. The molecule has 2 aromatic carbocycles. The molecule has 2 aromatic heterocycles. The van der Waals surface area contributed by atoms with Crippen molar-refractivity contribution in [2.75, 3.05) is 6.61 Å². The van der Waals surface area contributed by atoms with Gasteiger partial charge in [0.15, 0.2) is 5.69 Å². The summed E-state index contributed by atoms with van der Waals surface area (Å²) in [5.74, 6) is 0.393. The highest BCUT2D eigenvalue weighted by molar-refractivity contribution is 6.29. The first-order valence-corrected chi connectivity index (χ1v) is 12.2. The number of hydrogen-bond donors (Lipinski definition) is 3. The summed E-state index contributed by atoms with van der Waals surface area (Å²) in [4.78, 5) is 11.8. The van der Waals surface area contributed by atoms with Gasteiger partial charge in [-0.05, 0) is 30.7 Å². The molecule has 2 aliphatic heterocycles. The third-order valence-corrected chi connectivity index (χ3v) is 7.61. The molecule has 0 saturated carbocycles. The molecule has 2 aliphatic rings. The van der Waals surface area contributed by atoms with Crippen molar-refractivity contribution in [3.63, 3.8) is 0 Å². The molecule has 9 nitrogen and oxygen atoms in total. The van der Waals surface area contributed by atoms with Crippen LogP contribution in [0.5, 0.6) is 17.6 Å². The summed E-state index contributed by atoms with van der Waals surface area (Å²) in [5.41, 5.74) is -0.544. The van der Waals surface area contributed by atoms with E-state index in [0.717, 1.165) is 0 Å². The highest BCUT2D eigenvalue weighted by atomic mass is 35.5. The summed E-state index contributed by atoms with van der Waals surface area (Å²) in [6.07, 6.45) is -0.405. The summed E-state index contributed by atoms with van der Waals surface area (Å²) >= 11 is 6.01. The largest absolute Gasteiger partial charge is 0.494 e. The van der Waals surface area contributed by atoms with Gasteiger partial charge in [-0.25, -0.2) is 9.83 Å². The average molecular weight is 519 g/mol. The Hall–Kier alpha value is -3.84. The predicted molar refractivity (Wildman–Crippen MR) is 135 cm³/mol. The minimum Gasteiger partial charge on any atom is -0.494 e. The Morgan fingerprint density at radius 1 is 1.16 bits per heavy atom. The zero-order valence-corrected chi connectivity index (χ0v) is 20.8. The first-order chi connectivity index (χ1) is 17.7. The maximum absolute atomic E-state index is 11.5. The number of aryl methyl sites for hydroxylation is 1. The van der Waals surface area contributed by atoms with E-state index in [1.807, 2.05) is 24.3 Å². The van der Waals surface area contributed by atoms with Crippen LogP contribution in [0.15, 0.2) is 42.5 Å². The van der Waals surface area contributed by atoms with Gasteiger partial charge in [0.05, 0.1) is 36.1 Å². The number of hydrogen-bond acceptors (Lipinski definition) is 7. The number of ether oxygens (including phenoxy) is 2. The van der Waals surface area contributed by atoms with Gasteiger partial charge in [0, 0.05) is 18.9 Å². The van der Waals surface area contributed by atoms with Crippen LogP contribution in [0.25, 0.3) is 21.3 Å². The van der Waals surface area contributed by atoms with Gasteiger partial charge in [0.25, 0.3) is 0 Å². The number of aliphatic hydroxyl groups excluding tert-OH is 1. The van der Waals surface area contributed by atoms with Gasteiger partial charge in [-0.15, -0.1) is 0 Å². The molecule has 6 rings (SSSR count). The molecule has 4 aromatic rings. The zero-order chi connectivity index (χ0) is 26.1. The van der Waals surface area contributed by atoms with Crippen molar-refractivity contribution in [1.82, 2.24) is 14.5 Å². The average Bonchev–Trinajstić information content (AvgIpc) is 3.39. The molecule has 0 spiro atoms. The number of nitrogens with zero attached hydrogens (tertiary/aromatic N) is 4. The van der Waals surface area contributed by atoms with Crippen LogP contribution in [0, 0.1) is 13.5 Å². The maximum atomic E-state index is 11.5. The van der Waals surface area contributed by atoms with Gasteiger partial charge >= 0.3 is 0 Å². The van der Waals surface area contributed by atoms with Crippen molar-refractivity contribution in [1.29, 1.82) is 0 Å². The van der Waals surface area contributed by atoms with Crippen LogP contribution < -0.4 is 4.74 Å². The monoisotopic (exact) mass is 518 g/mol. The van der Waals surface area contributed by atoms with Gasteiger partial charge in [-0.1, -0.05) is 41.9 Å².